The van der Waals surface area contributed by atoms with Crippen molar-refractivity contribution in [2.24, 2.45) is 5.92 Å². The van der Waals surface area contributed by atoms with E-state index < -0.39 is 0 Å². The number of rotatable bonds is 10. The lowest BCUT2D eigenvalue weighted by Gasteiger charge is -2.12. The van der Waals surface area contributed by atoms with Crippen LogP contribution in [-0.4, -0.2) is 38.8 Å². The Labute approximate surface area is 176 Å². The number of anilines is 1. The quantitative estimate of drug-likeness (QED) is 0.516. The molecule has 0 aliphatic rings. The number of aliphatic hydroxyl groups excluding tert-OH is 1. The molecule has 0 aliphatic heterocycles. The van der Waals surface area contributed by atoms with E-state index >= 15 is 0 Å². The summed E-state index contributed by atoms with van der Waals surface area (Å²) in [6, 6.07) is 5.86. The first-order valence-corrected chi connectivity index (χ1v) is 10.7. The first-order valence-electron chi connectivity index (χ1n) is 9.72. The van der Waals surface area contributed by atoms with Gasteiger partial charge in [0.1, 0.15) is 6.54 Å². The molecule has 2 rings (SSSR count). The number of thioether (sulfide) groups is 1. The van der Waals surface area contributed by atoms with Crippen LogP contribution in [0.2, 0.25) is 0 Å². The number of nitrogens with zero attached hydrogens (tertiary/aromatic N) is 2. The van der Waals surface area contributed by atoms with Gasteiger partial charge in [-0.3, -0.25) is 9.59 Å². The molecule has 1 aromatic heterocycles. The number of nitrogens with one attached hydrogen (secondary N) is 2. The standard InChI is InChI=1S/C21H30N4O3S/c1-14(2)7-8-22-19(27)11-25-17(12-26)10-23-21(25)29-13-20(28)24-18-6-5-15(3)9-16(18)4/h5-6,9-10,14,26H,7-8,11-13H2,1-4H3,(H,22,27)(H,24,28). The molecule has 0 unspecified atom stereocenters. The first kappa shape index (κ1) is 23.0. The normalized spacial score (nSPS) is 11.0. The monoisotopic (exact) mass is 418 g/mol. The van der Waals surface area contributed by atoms with Crippen molar-refractivity contribution in [2.75, 3.05) is 17.6 Å². The number of amides is 2. The predicted molar refractivity (Wildman–Crippen MR) is 116 cm³/mol. The van der Waals surface area contributed by atoms with Gasteiger partial charge in [0.25, 0.3) is 0 Å². The lowest BCUT2D eigenvalue weighted by Crippen LogP contribution is -2.30. The third-order valence-corrected chi connectivity index (χ3v) is 5.39. The molecular weight excluding hydrogens is 388 g/mol. The largest absolute Gasteiger partial charge is 0.390 e. The minimum absolute atomic E-state index is 0.0645. The number of hydrogen-bond acceptors (Lipinski definition) is 5. The third kappa shape index (κ3) is 7.21. The van der Waals surface area contributed by atoms with Crippen LogP contribution in [0.4, 0.5) is 5.69 Å². The van der Waals surface area contributed by atoms with Gasteiger partial charge in [0.05, 0.1) is 24.3 Å². The third-order valence-electron chi connectivity index (χ3n) is 4.40. The Hall–Kier alpha value is -2.32. The number of carbonyl (C=O) groups excluding carboxylic acids is 2. The lowest BCUT2D eigenvalue weighted by molar-refractivity contribution is -0.121. The van der Waals surface area contributed by atoms with E-state index in [1.807, 2.05) is 32.0 Å². The number of aryl methyl sites for hydroxylation is 2. The van der Waals surface area contributed by atoms with Gasteiger partial charge >= 0.3 is 0 Å². The minimum atomic E-state index is -0.221. The van der Waals surface area contributed by atoms with Crippen molar-refractivity contribution >= 4 is 29.3 Å². The fourth-order valence-electron chi connectivity index (χ4n) is 2.77. The van der Waals surface area contributed by atoms with Gasteiger partial charge in [-0.15, -0.1) is 0 Å². The molecule has 0 bridgehead atoms. The molecule has 0 saturated carbocycles. The second-order valence-corrected chi connectivity index (χ2v) is 8.41. The van der Waals surface area contributed by atoms with Crippen LogP contribution in [0.3, 0.4) is 0 Å². The molecule has 3 N–H and O–H groups in total. The fourth-order valence-corrected chi connectivity index (χ4v) is 3.57. The highest BCUT2D eigenvalue weighted by molar-refractivity contribution is 7.99. The number of carbonyl (C=O) groups is 2. The molecule has 29 heavy (non-hydrogen) atoms. The van der Waals surface area contributed by atoms with E-state index in [1.54, 1.807) is 4.57 Å². The van der Waals surface area contributed by atoms with Crippen LogP contribution < -0.4 is 10.6 Å². The molecular formula is C21H30N4O3S. The Kier molecular flexibility index (Phi) is 8.72. The smallest absolute Gasteiger partial charge is 0.240 e. The minimum Gasteiger partial charge on any atom is -0.390 e. The predicted octanol–water partition coefficient (Wildman–Crippen LogP) is 2.89. The Bertz CT molecular complexity index is 848. The number of aromatic nitrogens is 2. The highest BCUT2D eigenvalue weighted by Crippen LogP contribution is 2.21. The zero-order valence-electron chi connectivity index (χ0n) is 17.5. The molecule has 0 atom stereocenters. The van der Waals surface area contributed by atoms with Crippen molar-refractivity contribution in [3.63, 3.8) is 0 Å². The van der Waals surface area contributed by atoms with E-state index in [4.69, 9.17) is 0 Å². The maximum atomic E-state index is 12.3. The zero-order valence-corrected chi connectivity index (χ0v) is 18.3. The molecule has 0 spiro atoms. The summed E-state index contributed by atoms with van der Waals surface area (Å²) in [4.78, 5) is 28.8. The molecule has 1 aromatic carbocycles. The van der Waals surface area contributed by atoms with Gasteiger partial charge in [0, 0.05) is 12.2 Å². The maximum absolute atomic E-state index is 12.3. The summed E-state index contributed by atoms with van der Waals surface area (Å²) in [5, 5.41) is 15.9. The summed E-state index contributed by atoms with van der Waals surface area (Å²) in [7, 11) is 0. The van der Waals surface area contributed by atoms with Crippen LogP contribution >= 0.6 is 11.8 Å². The Morgan fingerprint density at radius 3 is 2.66 bits per heavy atom. The van der Waals surface area contributed by atoms with Crippen LogP contribution in [0.25, 0.3) is 0 Å². The van der Waals surface area contributed by atoms with Crippen molar-refractivity contribution in [1.29, 1.82) is 0 Å². The van der Waals surface area contributed by atoms with Gasteiger partial charge < -0.3 is 20.3 Å². The SMILES string of the molecule is Cc1ccc(NC(=O)CSc2ncc(CO)n2CC(=O)NCCC(C)C)c(C)c1. The Morgan fingerprint density at radius 1 is 1.24 bits per heavy atom. The van der Waals surface area contributed by atoms with Crippen LogP contribution in [0.5, 0.6) is 0 Å². The van der Waals surface area contributed by atoms with E-state index in [1.165, 1.54) is 18.0 Å². The van der Waals surface area contributed by atoms with E-state index in [0.717, 1.165) is 23.2 Å². The molecule has 1 heterocycles. The van der Waals surface area contributed by atoms with E-state index in [0.29, 0.717) is 23.3 Å². The summed E-state index contributed by atoms with van der Waals surface area (Å²) in [5.74, 6) is 0.381. The molecule has 0 saturated heterocycles. The highest BCUT2D eigenvalue weighted by Gasteiger charge is 2.15. The first-order chi connectivity index (χ1) is 13.8. The van der Waals surface area contributed by atoms with Crippen molar-refractivity contribution in [1.82, 2.24) is 14.9 Å². The summed E-state index contributed by atoms with van der Waals surface area (Å²) < 4.78 is 1.65. The molecule has 8 heteroatoms. The van der Waals surface area contributed by atoms with Crippen molar-refractivity contribution in [3.8, 4) is 0 Å². The Balaban J connectivity index is 1.95. The van der Waals surface area contributed by atoms with Gasteiger partial charge in [-0.25, -0.2) is 4.98 Å². The molecule has 2 amide bonds. The Morgan fingerprint density at radius 2 is 2.00 bits per heavy atom. The summed E-state index contributed by atoms with van der Waals surface area (Å²) in [6.45, 7) is 8.62. The van der Waals surface area contributed by atoms with Crippen molar-refractivity contribution < 1.29 is 14.7 Å². The molecule has 0 fully saturated rings. The fraction of sp³-hybridized carbons (Fsp3) is 0.476. The summed E-state index contributed by atoms with van der Waals surface area (Å²) in [6.07, 6.45) is 2.44. The molecule has 0 radical (unpaired) electrons. The van der Waals surface area contributed by atoms with E-state index in [2.05, 4.69) is 29.5 Å². The topological polar surface area (TPSA) is 96.2 Å². The van der Waals surface area contributed by atoms with Gasteiger partial charge in [-0.2, -0.15) is 0 Å². The van der Waals surface area contributed by atoms with Crippen molar-refractivity contribution in [2.45, 2.75) is 52.4 Å². The van der Waals surface area contributed by atoms with Crippen LogP contribution in [0, 0.1) is 19.8 Å². The summed E-state index contributed by atoms with van der Waals surface area (Å²) >= 11 is 1.24. The van der Waals surface area contributed by atoms with E-state index in [-0.39, 0.29) is 30.7 Å². The average molecular weight is 419 g/mol. The zero-order chi connectivity index (χ0) is 21.4. The van der Waals surface area contributed by atoms with E-state index in [9.17, 15) is 14.7 Å². The number of benzene rings is 1. The second kappa shape index (κ2) is 11.0. The molecule has 0 aliphatic carbocycles. The van der Waals surface area contributed by atoms with Gasteiger partial charge in [0.2, 0.25) is 11.8 Å². The van der Waals surface area contributed by atoms with Crippen LogP contribution in [-0.2, 0) is 22.7 Å². The number of imidazole rings is 1. The van der Waals surface area contributed by atoms with Gasteiger partial charge in [-0.05, 0) is 37.8 Å². The molecule has 7 nitrogen and oxygen atoms in total. The van der Waals surface area contributed by atoms with Gasteiger partial charge in [0.15, 0.2) is 5.16 Å². The maximum Gasteiger partial charge on any atom is 0.240 e. The van der Waals surface area contributed by atoms with Crippen LogP contribution in [0.15, 0.2) is 29.6 Å². The highest BCUT2D eigenvalue weighted by atomic mass is 32.2. The second-order valence-electron chi connectivity index (χ2n) is 7.46. The lowest BCUT2D eigenvalue weighted by atomic mass is 10.1. The molecule has 2 aromatic rings. The number of aliphatic hydroxyl groups is 1. The summed E-state index contributed by atoms with van der Waals surface area (Å²) in [5.41, 5.74) is 3.47. The van der Waals surface area contributed by atoms with Crippen LogP contribution in [0.1, 0.15) is 37.1 Å². The average Bonchev–Trinajstić information content (AvgIpc) is 3.03. The van der Waals surface area contributed by atoms with Gasteiger partial charge in [-0.1, -0.05) is 43.3 Å². The number of hydrogen-bond donors (Lipinski definition) is 3. The van der Waals surface area contributed by atoms with Crippen molar-refractivity contribution in [3.05, 3.63) is 41.2 Å². The molecule has 158 valence electrons.